The Bertz CT molecular complexity index is 226. The van der Waals surface area contributed by atoms with Gasteiger partial charge < -0.3 is 0 Å². The molecular formula is C12H21N. The summed E-state index contributed by atoms with van der Waals surface area (Å²) >= 11 is 0. The molecule has 1 heteroatoms. The van der Waals surface area contributed by atoms with Gasteiger partial charge >= 0.3 is 0 Å². The van der Waals surface area contributed by atoms with E-state index in [0.717, 1.165) is 12.1 Å². The number of rotatable bonds is 3. The van der Waals surface area contributed by atoms with Crippen molar-refractivity contribution >= 4 is 5.71 Å². The number of nitrogens with zero attached hydrogens (tertiary/aromatic N) is 1. The van der Waals surface area contributed by atoms with Crippen molar-refractivity contribution in [3.8, 4) is 0 Å². The molecule has 0 atom stereocenters. The third-order valence-electron chi connectivity index (χ3n) is 2.07. The average Bonchev–Trinajstić information content (AvgIpc) is 2.01. The molecule has 0 saturated carbocycles. The van der Waals surface area contributed by atoms with E-state index in [1.807, 2.05) is 6.08 Å². The Labute approximate surface area is 82.3 Å². The molecular weight excluding hydrogens is 158 g/mol. The van der Waals surface area contributed by atoms with Gasteiger partial charge in [0.2, 0.25) is 0 Å². The molecule has 0 rings (SSSR count). The van der Waals surface area contributed by atoms with Gasteiger partial charge in [-0.25, -0.2) is 0 Å². The van der Waals surface area contributed by atoms with E-state index in [2.05, 4.69) is 46.2 Å². The zero-order valence-corrected chi connectivity index (χ0v) is 9.52. The third-order valence-corrected chi connectivity index (χ3v) is 2.07. The van der Waals surface area contributed by atoms with Crippen molar-refractivity contribution in [1.29, 1.82) is 0 Å². The van der Waals surface area contributed by atoms with Crippen LogP contribution in [0.4, 0.5) is 0 Å². The molecule has 0 aliphatic rings. The van der Waals surface area contributed by atoms with Gasteiger partial charge in [0.1, 0.15) is 0 Å². The third kappa shape index (κ3) is 4.66. The highest BCUT2D eigenvalue weighted by molar-refractivity contribution is 5.87. The summed E-state index contributed by atoms with van der Waals surface area (Å²) in [6.07, 6.45) is 4.72. The molecule has 0 aromatic carbocycles. The number of hydrogen-bond donors (Lipinski definition) is 0. The molecule has 13 heavy (non-hydrogen) atoms. The van der Waals surface area contributed by atoms with Gasteiger partial charge in [0, 0.05) is 11.4 Å². The van der Waals surface area contributed by atoms with Crippen molar-refractivity contribution in [3.63, 3.8) is 0 Å². The van der Waals surface area contributed by atoms with Crippen molar-refractivity contribution in [2.75, 3.05) is 0 Å². The van der Waals surface area contributed by atoms with Crippen LogP contribution in [0.5, 0.6) is 0 Å². The Hall–Kier alpha value is -0.850. The zero-order chi connectivity index (χ0) is 10.5. The van der Waals surface area contributed by atoms with Crippen LogP contribution in [0.2, 0.25) is 0 Å². The topological polar surface area (TPSA) is 12.4 Å². The van der Waals surface area contributed by atoms with Crippen molar-refractivity contribution < 1.29 is 0 Å². The normalized spacial score (nSPS) is 14.5. The van der Waals surface area contributed by atoms with E-state index in [1.54, 1.807) is 6.08 Å². The lowest BCUT2D eigenvalue weighted by Crippen LogP contribution is -2.16. The van der Waals surface area contributed by atoms with Crippen LogP contribution in [0.3, 0.4) is 0 Å². The Kier molecular flexibility index (Phi) is 4.68. The molecule has 0 aliphatic carbocycles. The van der Waals surface area contributed by atoms with Crippen molar-refractivity contribution in [2.45, 2.75) is 41.0 Å². The highest BCUT2D eigenvalue weighted by atomic mass is 14.8. The van der Waals surface area contributed by atoms with Gasteiger partial charge in [-0.15, -0.1) is 0 Å². The maximum Gasteiger partial charge on any atom is 0.0400 e. The molecule has 0 amide bonds. The summed E-state index contributed by atoms with van der Waals surface area (Å²) in [4.78, 5) is 4.56. The first-order valence-corrected chi connectivity index (χ1v) is 4.79. The zero-order valence-electron chi connectivity index (χ0n) is 9.52. The van der Waals surface area contributed by atoms with Crippen LogP contribution < -0.4 is 0 Å². The summed E-state index contributed by atoms with van der Waals surface area (Å²) in [5.74, 6) is 0. The number of hydrogen-bond acceptors (Lipinski definition) is 1. The van der Waals surface area contributed by atoms with E-state index in [9.17, 15) is 0 Å². The van der Waals surface area contributed by atoms with E-state index in [0.29, 0.717) is 0 Å². The highest BCUT2D eigenvalue weighted by Crippen LogP contribution is 2.18. The minimum Gasteiger partial charge on any atom is -0.262 e. The minimum atomic E-state index is 0.162. The summed E-state index contributed by atoms with van der Waals surface area (Å²) in [7, 11) is 0. The van der Waals surface area contributed by atoms with Gasteiger partial charge in [0.25, 0.3) is 0 Å². The summed E-state index contributed by atoms with van der Waals surface area (Å²) in [5.41, 5.74) is 2.43. The predicted molar refractivity (Wildman–Crippen MR) is 61.1 cm³/mol. The maximum absolute atomic E-state index is 4.56. The second kappa shape index (κ2) is 5.00. The molecule has 0 aliphatic heterocycles. The van der Waals surface area contributed by atoms with E-state index in [-0.39, 0.29) is 5.41 Å². The molecule has 74 valence electrons. The molecule has 0 spiro atoms. The molecule has 0 aromatic heterocycles. The second-order valence-corrected chi connectivity index (χ2v) is 4.19. The van der Waals surface area contributed by atoms with Gasteiger partial charge in [-0.3, -0.25) is 4.99 Å². The van der Waals surface area contributed by atoms with Crippen LogP contribution in [0.1, 0.15) is 41.0 Å². The molecule has 0 aromatic rings. The fourth-order valence-corrected chi connectivity index (χ4v) is 0.753. The fraction of sp³-hybridized carbons (Fsp3) is 0.583. The molecule has 0 bridgehead atoms. The summed E-state index contributed by atoms with van der Waals surface area (Å²) in [6.45, 7) is 14.4. The van der Waals surface area contributed by atoms with Gasteiger partial charge in [0.15, 0.2) is 0 Å². The Morgan fingerprint density at radius 2 is 1.92 bits per heavy atom. The first-order chi connectivity index (χ1) is 5.91. The number of allylic oxidation sites excluding steroid dienone is 3. The standard InChI is InChI=1S/C12H21N/c1-7-9-11(8-2)13-10(3)12(4,5)6/h7,9H,1,8H2,2-6H3/b11-9-,13-10+. The van der Waals surface area contributed by atoms with Crippen LogP contribution in [0.25, 0.3) is 0 Å². The van der Waals surface area contributed by atoms with Crippen LogP contribution >= 0.6 is 0 Å². The van der Waals surface area contributed by atoms with Crippen LogP contribution in [-0.2, 0) is 0 Å². The lowest BCUT2D eigenvalue weighted by atomic mass is 9.91. The molecule has 1 nitrogen and oxygen atoms in total. The molecule has 0 radical (unpaired) electrons. The smallest absolute Gasteiger partial charge is 0.0400 e. The van der Waals surface area contributed by atoms with Gasteiger partial charge in [0.05, 0.1) is 0 Å². The molecule has 0 N–H and O–H groups in total. The summed E-state index contributed by atoms with van der Waals surface area (Å²) in [5, 5.41) is 0. The van der Waals surface area contributed by atoms with Crippen molar-refractivity contribution in [2.24, 2.45) is 10.4 Å². The van der Waals surface area contributed by atoms with Crippen molar-refractivity contribution in [1.82, 2.24) is 0 Å². The van der Waals surface area contributed by atoms with Gasteiger partial charge in [-0.05, 0) is 24.8 Å². The van der Waals surface area contributed by atoms with E-state index < -0.39 is 0 Å². The first-order valence-electron chi connectivity index (χ1n) is 4.79. The highest BCUT2D eigenvalue weighted by Gasteiger charge is 2.13. The molecule has 0 fully saturated rings. The average molecular weight is 179 g/mol. The monoisotopic (exact) mass is 179 g/mol. The van der Waals surface area contributed by atoms with Crippen LogP contribution in [0, 0.1) is 5.41 Å². The van der Waals surface area contributed by atoms with Crippen LogP contribution in [0.15, 0.2) is 29.4 Å². The molecule has 0 unspecified atom stereocenters. The van der Waals surface area contributed by atoms with Gasteiger partial charge in [-0.1, -0.05) is 40.3 Å². The van der Waals surface area contributed by atoms with Crippen LogP contribution in [-0.4, -0.2) is 5.71 Å². The predicted octanol–water partition coefficient (Wildman–Crippen LogP) is 3.97. The minimum absolute atomic E-state index is 0.162. The van der Waals surface area contributed by atoms with E-state index in [1.165, 1.54) is 5.71 Å². The van der Waals surface area contributed by atoms with E-state index in [4.69, 9.17) is 0 Å². The largest absolute Gasteiger partial charge is 0.262 e. The molecule has 0 heterocycles. The quantitative estimate of drug-likeness (QED) is 0.459. The number of aliphatic imine (C=N–C) groups is 1. The van der Waals surface area contributed by atoms with Gasteiger partial charge in [-0.2, -0.15) is 0 Å². The maximum atomic E-state index is 4.56. The first kappa shape index (κ1) is 12.2. The lowest BCUT2D eigenvalue weighted by Gasteiger charge is -2.18. The Balaban J connectivity index is 4.71. The summed E-state index contributed by atoms with van der Waals surface area (Å²) < 4.78 is 0. The van der Waals surface area contributed by atoms with Crippen molar-refractivity contribution in [3.05, 3.63) is 24.4 Å². The SMILES string of the molecule is C=C/C=C(CC)\N=C(/C)C(C)(C)C. The van der Waals surface area contributed by atoms with E-state index >= 15 is 0 Å². The fourth-order valence-electron chi connectivity index (χ4n) is 0.753. The molecule has 0 saturated heterocycles. The second-order valence-electron chi connectivity index (χ2n) is 4.19. The Morgan fingerprint density at radius 1 is 1.38 bits per heavy atom. The Morgan fingerprint density at radius 3 is 2.23 bits per heavy atom. The lowest BCUT2D eigenvalue weighted by molar-refractivity contribution is 0.586. The summed E-state index contributed by atoms with van der Waals surface area (Å²) in [6, 6.07) is 0.